The van der Waals surface area contributed by atoms with Gasteiger partial charge in [-0.3, -0.25) is 9.36 Å². The summed E-state index contributed by atoms with van der Waals surface area (Å²) in [5, 5.41) is 15.0. The molecule has 0 radical (unpaired) electrons. The van der Waals surface area contributed by atoms with Crippen molar-refractivity contribution in [2.75, 3.05) is 10.6 Å². The number of hydrogen-bond donors (Lipinski definition) is 2. The first-order valence-corrected chi connectivity index (χ1v) is 7.82. The maximum absolute atomic E-state index is 12.1. The van der Waals surface area contributed by atoms with E-state index in [2.05, 4.69) is 39.7 Å². The van der Waals surface area contributed by atoms with Gasteiger partial charge in [-0.15, -0.1) is 0 Å². The number of carbonyl (C=O) groups is 1. The summed E-state index contributed by atoms with van der Waals surface area (Å²) in [5.41, 5.74) is 2.93. The monoisotopic (exact) mass is 327 g/mol. The predicted octanol–water partition coefficient (Wildman–Crippen LogP) is 2.77. The van der Waals surface area contributed by atoms with Crippen molar-refractivity contribution in [2.45, 2.75) is 27.3 Å². The Morgan fingerprint density at radius 1 is 1.25 bits per heavy atom. The number of rotatable bonds is 4. The Balaban J connectivity index is 1.68. The van der Waals surface area contributed by atoms with Crippen LogP contribution in [-0.2, 0) is 13.6 Å². The lowest BCUT2D eigenvalue weighted by Gasteiger charge is -2.06. The smallest absolute Gasteiger partial charge is 0.306 e. The first-order chi connectivity index (χ1) is 11.4. The van der Waals surface area contributed by atoms with Crippen molar-refractivity contribution in [2.24, 2.45) is 13.0 Å². The Labute approximate surface area is 139 Å². The van der Waals surface area contributed by atoms with Crippen molar-refractivity contribution in [3.8, 4) is 0 Å². The highest BCUT2D eigenvalue weighted by Crippen LogP contribution is 2.19. The molecule has 8 heteroatoms. The van der Waals surface area contributed by atoms with Gasteiger partial charge in [0, 0.05) is 25.2 Å². The van der Waals surface area contributed by atoms with Crippen LogP contribution in [0.5, 0.6) is 0 Å². The van der Waals surface area contributed by atoms with E-state index in [1.165, 1.54) is 0 Å². The fourth-order valence-electron chi connectivity index (χ4n) is 2.57. The number of fused-ring (bicyclic) bond motifs is 1. The van der Waals surface area contributed by atoms with Crippen LogP contribution >= 0.6 is 0 Å². The van der Waals surface area contributed by atoms with Crippen LogP contribution in [0.2, 0.25) is 0 Å². The first kappa shape index (κ1) is 16.0. The van der Waals surface area contributed by atoms with Gasteiger partial charge < -0.3 is 10.6 Å². The van der Waals surface area contributed by atoms with E-state index in [4.69, 9.17) is 0 Å². The number of anilines is 2. The van der Waals surface area contributed by atoms with Crippen LogP contribution in [0.25, 0.3) is 11.0 Å². The third-order valence-corrected chi connectivity index (χ3v) is 3.56. The minimum atomic E-state index is -0.332. The number of aromatic nitrogens is 5. The van der Waals surface area contributed by atoms with E-state index in [-0.39, 0.29) is 6.03 Å². The van der Waals surface area contributed by atoms with Gasteiger partial charge in [-0.05, 0) is 18.9 Å². The van der Waals surface area contributed by atoms with E-state index < -0.39 is 0 Å². The van der Waals surface area contributed by atoms with Gasteiger partial charge in [0.2, 0.25) is 0 Å². The maximum Gasteiger partial charge on any atom is 0.323 e. The molecular weight excluding hydrogens is 306 g/mol. The number of aryl methyl sites for hydroxylation is 2. The zero-order valence-electron chi connectivity index (χ0n) is 14.2. The summed E-state index contributed by atoms with van der Waals surface area (Å²) in [5.74, 6) is 0.493. The van der Waals surface area contributed by atoms with Crippen LogP contribution in [0, 0.1) is 12.8 Å². The molecule has 0 spiro atoms. The quantitative estimate of drug-likeness (QED) is 0.771. The molecule has 3 rings (SSSR count). The van der Waals surface area contributed by atoms with Gasteiger partial charge in [0.15, 0.2) is 5.65 Å². The Kier molecular flexibility index (Phi) is 4.20. The van der Waals surface area contributed by atoms with Crippen molar-refractivity contribution < 1.29 is 4.79 Å². The fourth-order valence-corrected chi connectivity index (χ4v) is 2.57. The van der Waals surface area contributed by atoms with Crippen LogP contribution < -0.4 is 10.6 Å². The van der Waals surface area contributed by atoms with Crippen LogP contribution in [0.4, 0.5) is 16.2 Å². The van der Waals surface area contributed by atoms with Crippen molar-refractivity contribution in [1.29, 1.82) is 0 Å². The van der Waals surface area contributed by atoms with Gasteiger partial charge in [0.05, 0.1) is 29.5 Å². The van der Waals surface area contributed by atoms with Gasteiger partial charge in [0.1, 0.15) is 0 Å². The topological polar surface area (TPSA) is 89.7 Å². The minimum Gasteiger partial charge on any atom is -0.306 e. The average molecular weight is 327 g/mol. The van der Waals surface area contributed by atoms with E-state index in [9.17, 15) is 4.79 Å². The van der Waals surface area contributed by atoms with E-state index in [1.807, 2.05) is 30.9 Å². The lowest BCUT2D eigenvalue weighted by atomic mass is 10.2. The second-order valence-electron chi connectivity index (χ2n) is 6.23. The van der Waals surface area contributed by atoms with Gasteiger partial charge >= 0.3 is 6.03 Å². The number of nitrogens with one attached hydrogen (secondary N) is 2. The van der Waals surface area contributed by atoms with E-state index >= 15 is 0 Å². The number of amides is 2. The van der Waals surface area contributed by atoms with Gasteiger partial charge in [-0.1, -0.05) is 13.8 Å². The minimum absolute atomic E-state index is 0.332. The highest BCUT2D eigenvalue weighted by atomic mass is 16.2. The lowest BCUT2D eigenvalue weighted by Crippen LogP contribution is -2.19. The standard InChI is InChI=1S/C16H21N7O/c1-10(2)8-23-9-13(7-18-23)20-16(24)19-12-5-14-11(3)21-22(4)15(14)17-6-12/h5-7,9-10H,8H2,1-4H3,(H2,19,20,24). The van der Waals surface area contributed by atoms with E-state index in [0.29, 0.717) is 17.3 Å². The summed E-state index contributed by atoms with van der Waals surface area (Å²) in [7, 11) is 1.84. The molecule has 0 unspecified atom stereocenters. The molecular formula is C16H21N7O. The SMILES string of the molecule is Cc1nn(C)c2ncc(NC(=O)Nc3cnn(CC(C)C)c3)cc12. The molecule has 0 aromatic carbocycles. The van der Waals surface area contributed by atoms with Crippen LogP contribution in [-0.4, -0.2) is 30.6 Å². The molecule has 0 saturated carbocycles. The molecule has 2 N–H and O–H groups in total. The third-order valence-electron chi connectivity index (χ3n) is 3.56. The molecule has 3 heterocycles. The molecule has 0 aliphatic carbocycles. The predicted molar refractivity (Wildman–Crippen MR) is 93.0 cm³/mol. The normalized spacial score (nSPS) is 11.2. The summed E-state index contributed by atoms with van der Waals surface area (Å²) in [6.45, 7) is 6.96. The van der Waals surface area contributed by atoms with Gasteiger partial charge in [-0.2, -0.15) is 10.2 Å². The van der Waals surface area contributed by atoms with E-state index in [0.717, 1.165) is 23.3 Å². The molecule has 3 aromatic heterocycles. The maximum atomic E-state index is 12.1. The zero-order chi connectivity index (χ0) is 17.3. The third kappa shape index (κ3) is 3.37. The molecule has 8 nitrogen and oxygen atoms in total. The average Bonchev–Trinajstić information content (AvgIpc) is 3.03. The molecule has 0 fully saturated rings. The summed E-state index contributed by atoms with van der Waals surface area (Å²) in [6, 6.07) is 1.54. The molecule has 0 bridgehead atoms. The molecule has 2 amide bonds. The number of urea groups is 1. The Morgan fingerprint density at radius 2 is 2.00 bits per heavy atom. The first-order valence-electron chi connectivity index (χ1n) is 7.82. The second-order valence-corrected chi connectivity index (χ2v) is 6.23. The summed E-state index contributed by atoms with van der Waals surface area (Å²) < 4.78 is 3.53. The van der Waals surface area contributed by atoms with Crippen molar-refractivity contribution >= 4 is 28.4 Å². The highest BCUT2D eigenvalue weighted by Gasteiger charge is 2.10. The Morgan fingerprint density at radius 3 is 2.75 bits per heavy atom. The largest absolute Gasteiger partial charge is 0.323 e. The zero-order valence-corrected chi connectivity index (χ0v) is 14.2. The van der Waals surface area contributed by atoms with Crippen molar-refractivity contribution in [1.82, 2.24) is 24.5 Å². The van der Waals surface area contributed by atoms with Gasteiger partial charge in [0.25, 0.3) is 0 Å². The number of pyridine rings is 1. The van der Waals surface area contributed by atoms with Crippen molar-refractivity contribution in [3.63, 3.8) is 0 Å². The Bertz CT molecular complexity index is 878. The summed E-state index contributed by atoms with van der Waals surface area (Å²) in [4.78, 5) is 16.5. The highest BCUT2D eigenvalue weighted by molar-refractivity contribution is 6.00. The van der Waals surface area contributed by atoms with Crippen LogP contribution in [0.3, 0.4) is 0 Å². The molecule has 0 saturated heterocycles. The van der Waals surface area contributed by atoms with Crippen molar-refractivity contribution in [3.05, 3.63) is 30.4 Å². The molecule has 24 heavy (non-hydrogen) atoms. The molecule has 0 atom stereocenters. The summed E-state index contributed by atoms with van der Waals surface area (Å²) >= 11 is 0. The fraction of sp³-hybridized carbons (Fsp3) is 0.375. The van der Waals surface area contributed by atoms with Gasteiger partial charge in [-0.25, -0.2) is 9.78 Å². The number of hydrogen-bond acceptors (Lipinski definition) is 4. The number of nitrogens with zero attached hydrogens (tertiary/aromatic N) is 5. The number of carbonyl (C=O) groups excluding carboxylic acids is 1. The summed E-state index contributed by atoms with van der Waals surface area (Å²) in [6.07, 6.45) is 5.06. The lowest BCUT2D eigenvalue weighted by molar-refractivity contribution is 0.262. The Hall–Kier alpha value is -2.90. The van der Waals surface area contributed by atoms with E-state index in [1.54, 1.807) is 17.1 Å². The van der Waals surface area contributed by atoms with Crippen LogP contribution in [0.15, 0.2) is 24.7 Å². The molecule has 126 valence electrons. The molecule has 3 aromatic rings. The molecule has 0 aliphatic rings. The van der Waals surface area contributed by atoms with Crippen LogP contribution in [0.1, 0.15) is 19.5 Å². The second kappa shape index (κ2) is 6.31. The molecule has 0 aliphatic heterocycles.